The third-order valence-corrected chi connectivity index (χ3v) is 3.99. The second-order valence-electron chi connectivity index (χ2n) is 7.36. The summed E-state index contributed by atoms with van der Waals surface area (Å²) in [4.78, 5) is 23.9. The highest BCUT2D eigenvalue weighted by atomic mass is 16.5. The Bertz CT molecular complexity index is 390. The fourth-order valence-corrected chi connectivity index (χ4v) is 2.18. The van der Waals surface area contributed by atoms with Gasteiger partial charge in [0.15, 0.2) is 11.6 Å². The van der Waals surface area contributed by atoms with E-state index in [1.165, 1.54) is 20.8 Å². The van der Waals surface area contributed by atoms with Gasteiger partial charge in [-0.2, -0.15) is 0 Å². The van der Waals surface area contributed by atoms with Crippen LogP contribution in [-0.2, 0) is 14.3 Å². The van der Waals surface area contributed by atoms with E-state index in [1.54, 1.807) is 13.8 Å². The van der Waals surface area contributed by atoms with Gasteiger partial charge >= 0.3 is 0 Å². The van der Waals surface area contributed by atoms with Gasteiger partial charge in [-0.15, -0.1) is 0 Å². The summed E-state index contributed by atoms with van der Waals surface area (Å²) in [5, 5.41) is 28.1. The number of carbonyl (C=O) groups excluding carboxylic acids is 2. The van der Waals surface area contributed by atoms with Gasteiger partial charge in [-0.25, -0.2) is 0 Å². The lowest BCUT2D eigenvalue weighted by Gasteiger charge is -2.33. The number of hydrogen-bond donors (Lipinski definition) is 3. The number of Topliss-reactive ketones (excluding diaryl/α,β-unsaturated/α-hetero) is 2. The lowest BCUT2D eigenvalue weighted by atomic mass is 9.79. The maximum Gasteiger partial charge on any atom is 0.174 e. The fraction of sp³-hybridized carbons (Fsp3) is 0.882. The molecule has 3 N–H and O–H groups in total. The number of unbranched alkanes of at least 4 members (excludes halogenated alkanes) is 2. The van der Waals surface area contributed by atoms with Crippen LogP contribution in [0.2, 0.25) is 0 Å². The molecular formula is C17H32O6. The Balaban J connectivity index is 4.18. The third-order valence-electron chi connectivity index (χ3n) is 3.99. The SMILES string of the molecule is CC(C)(O)C(=O)CCCCCOC(C)(C)C(=O)C(C)(CO)CO. The normalized spacial score (nSPS) is 13.2. The van der Waals surface area contributed by atoms with Crippen molar-refractivity contribution < 1.29 is 29.6 Å². The predicted molar refractivity (Wildman–Crippen MR) is 87.1 cm³/mol. The first-order chi connectivity index (χ1) is 10.4. The van der Waals surface area contributed by atoms with Gasteiger partial charge in [0.05, 0.1) is 18.6 Å². The molecule has 0 bridgehead atoms. The summed E-state index contributed by atoms with van der Waals surface area (Å²) in [6.07, 6.45) is 2.42. The van der Waals surface area contributed by atoms with Gasteiger partial charge in [0, 0.05) is 13.0 Å². The maximum atomic E-state index is 12.4. The van der Waals surface area contributed by atoms with E-state index in [9.17, 15) is 24.9 Å². The van der Waals surface area contributed by atoms with Crippen LogP contribution < -0.4 is 0 Å². The molecule has 136 valence electrons. The minimum absolute atomic E-state index is 0.185. The number of ketones is 2. The first-order valence-electron chi connectivity index (χ1n) is 8.07. The van der Waals surface area contributed by atoms with Crippen LogP contribution in [0.1, 0.15) is 60.3 Å². The molecule has 0 atom stereocenters. The van der Waals surface area contributed by atoms with Crippen molar-refractivity contribution in [2.75, 3.05) is 19.8 Å². The minimum atomic E-state index is -1.29. The fourth-order valence-electron chi connectivity index (χ4n) is 2.18. The van der Waals surface area contributed by atoms with Crippen molar-refractivity contribution in [2.24, 2.45) is 5.41 Å². The van der Waals surface area contributed by atoms with E-state index >= 15 is 0 Å². The molecule has 0 radical (unpaired) electrons. The summed E-state index contributed by atoms with van der Waals surface area (Å²) in [6, 6.07) is 0. The zero-order valence-electron chi connectivity index (χ0n) is 15.0. The number of aliphatic hydroxyl groups is 3. The first kappa shape index (κ1) is 22.2. The van der Waals surface area contributed by atoms with Crippen LogP contribution >= 0.6 is 0 Å². The summed E-state index contributed by atoms with van der Waals surface area (Å²) < 4.78 is 5.61. The summed E-state index contributed by atoms with van der Waals surface area (Å²) >= 11 is 0. The molecule has 0 aromatic carbocycles. The van der Waals surface area contributed by atoms with E-state index in [4.69, 9.17) is 4.74 Å². The molecular weight excluding hydrogens is 300 g/mol. The molecule has 0 aromatic rings. The van der Waals surface area contributed by atoms with Crippen molar-refractivity contribution in [1.82, 2.24) is 0 Å². The first-order valence-corrected chi connectivity index (χ1v) is 8.07. The van der Waals surface area contributed by atoms with Crippen LogP contribution in [-0.4, -0.2) is 57.9 Å². The monoisotopic (exact) mass is 332 g/mol. The summed E-state index contributed by atoms with van der Waals surface area (Å²) in [5.41, 5.74) is -3.60. The van der Waals surface area contributed by atoms with Crippen molar-refractivity contribution in [1.29, 1.82) is 0 Å². The number of carbonyl (C=O) groups is 2. The molecule has 23 heavy (non-hydrogen) atoms. The Morgan fingerprint density at radius 1 is 0.913 bits per heavy atom. The predicted octanol–water partition coefficient (Wildman–Crippen LogP) is 1.24. The van der Waals surface area contributed by atoms with Gasteiger partial charge in [-0.3, -0.25) is 9.59 Å². The second kappa shape index (κ2) is 8.87. The van der Waals surface area contributed by atoms with Crippen LogP contribution in [0.5, 0.6) is 0 Å². The molecule has 0 spiro atoms. The molecule has 6 heteroatoms. The summed E-state index contributed by atoms with van der Waals surface area (Å²) in [6.45, 7) is 7.18. The summed E-state index contributed by atoms with van der Waals surface area (Å²) in [7, 11) is 0. The maximum absolute atomic E-state index is 12.4. The molecule has 0 aliphatic rings. The van der Waals surface area contributed by atoms with Gasteiger partial charge in [0.25, 0.3) is 0 Å². The molecule has 0 heterocycles. The molecule has 0 aliphatic heterocycles. The van der Waals surface area contributed by atoms with Gasteiger partial charge in [-0.05, 0) is 47.5 Å². The van der Waals surface area contributed by atoms with Crippen molar-refractivity contribution in [3.63, 3.8) is 0 Å². The van der Waals surface area contributed by atoms with Gasteiger partial charge < -0.3 is 20.1 Å². The Kier molecular flexibility index (Phi) is 8.56. The molecule has 0 aliphatic carbocycles. The van der Waals surface area contributed by atoms with Crippen LogP contribution in [0.15, 0.2) is 0 Å². The lowest BCUT2D eigenvalue weighted by Crippen LogP contribution is -2.49. The van der Waals surface area contributed by atoms with E-state index in [0.717, 1.165) is 6.42 Å². The molecule has 0 aromatic heterocycles. The standard InChI is InChI=1S/C17H32O6/c1-15(2,22)13(20)9-7-6-8-10-23-16(3,4)14(21)17(5,11-18)12-19/h18-19,22H,6-12H2,1-5H3. The lowest BCUT2D eigenvalue weighted by molar-refractivity contribution is -0.155. The molecule has 0 unspecified atom stereocenters. The molecule has 0 fully saturated rings. The van der Waals surface area contributed by atoms with Crippen LogP contribution in [0.4, 0.5) is 0 Å². The quantitative estimate of drug-likeness (QED) is 0.465. The van der Waals surface area contributed by atoms with E-state index in [1.807, 2.05) is 0 Å². The molecule has 0 saturated carbocycles. The highest BCUT2D eigenvalue weighted by Crippen LogP contribution is 2.26. The molecule has 0 rings (SSSR count). The summed E-state index contributed by atoms with van der Waals surface area (Å²) in [5.74, 6) is -0.525. The van der Waals surface area contributed by atoms with Crippen molar-refractivity contribution in [3.05, 3.63) is 0 Å². The molecule has 0 amide bonds. The zero-order chi connectivity index (χ0) is 18.3. The van der Waals surface area contributed by atoms with Crippen LogP contribution in [0, 0.1) is 5.41 Å². The third kappa shape index (κ3) is 7.08. The Morgan fingerprint density at radius 3 is 1.87 bits per heavy atom. The van der Waals surface area contributed by atoms with Crippen molar-refractivity contribution in [2.45, 2.75) is 71.5 Å². The smallest absolute Gasteiger partial charge is 0.174 e. The van der Waals surface area contributed by atoms with Gasteiger partial charge in [0.2, 0.25) is 0 Å². The highest BCUT2D eigenvalue weighted by molar-refractivity contribution is 5.91. The zero-order valence-corrected chi connectivity index (χ0v) is 15.0. The minimum Gasteiger partial charge on any atom is -0.395 e. The Hall–Kier alpha value is -0.820. The number of hydrogen-bond acceptors (Lipinski definition) is 6. The average molecular weight is 332 g/mol. The Labute approximate surface area is 138 Å². The molecule has 6 nitrogen and oxygen atoms in total. The van der Waals surface area contributed by atoms with Crippen molar-refractivity contribution in [3.8, 4) is 0 Å². The van der Waals surface area contributed by atoms with Crippen LogP contribution in [0.25, 0.3) is 0 Å². The number of aliphatic hydroxyl groups excluding tert-OH is 2. The van der Waals surface area contributed by atoms with Crippen molar-refractivity contribution >= 4 is 11.6 Å². The second-order valence-corrected chi connectivity index (χ2v) is 7.36. The van der Waals surface area contributed by atoms with E-state index in [0.29, 0.717) is 25.9 Å². The van der Waals surface area contributed by atoms with E-state index < -0.39 is 29.8 Å². The van der Waals surface area contributed by atoms with E-state index in [2.05, 4.69) is 0 Å². The number of rotatable bonds is 12. The molecule has 0 saturated heterocycles. The van der Waals surface area contributed by atoms with Gasteiger partial charge in [-0.1, -0.05) is 6.42 Å². The average Bonchev–Trinajstić information content (AvgIpc) is 2.47. The Morgan fingerprint density at radius 2 is 1.43 bits per heavy atom. The topological polar surface area (TPSA) is 104 Å². The largest absolute Gasteiger partial charge is 0.395 e. The van der Waals surface area contributed by atoms with E-state index in [-0.39, 0.29) is 11.6 Å². The highest BCUT2D eigenvalue weighted by Gasteiger charge is 2.42. The van der Waals surface area contributed by atoms with Crippen LogP contribution in [0.3, 0.4) is 0 Å². The van der Waals surface area contributed by atoms with Gasteiger partial charge in [0.1, 0.15) is 11.2 Å². The number of ether oxygens (including phenoxy) is 1.